The van der Waals surface area contributed by atoms with Crippen molar-refractivity contribution >= 4 is 75.1 Å². The molecule has 4 aliphatic rings. The highest BCUT2D eigenvalue weighted by Crippen LogP contribution is 2.67. The van der Waals surface area contributed by atoms with E-state index in [9.17, 15) is 37.5 Å². The van der Waals surface area contributed by atoms with E-state index < -0.39 is 104 Å². The highest BCUT2D eigenvalue weighted by molar-refractivity contribution is 6.58. The Bertz CT molecular complexity index is 2340. The van der Waals surface area contributed by atoms with Crippen molar-refractivity contribution in [2.24, 2.45) is 17.8 Å². The fourth-order valence-corrected chi connectivity index (χ4v) is 9.36. The number of benzene rings is 4. The molecule has 52 heavy (non-hydrogen) atoms. The highest BCUT2D eigenvalue weighted by atomic mass is 35.5. The molecule has 8 rings (SSSR count). The lowest BCUT2D eigenvalue weighted by Crippen LogP contribution is -2.60. The van der Waals surface area contributed by atoms with Crippen LogP contribution >= 0.6 is 23.2 Å². The van der Waals surface area contributed by atoms with Crippen LogP contribution < -0.4 is 9.80 Å². The second-order valence-electron chi connectivity index (χ2n) is 13.2. The normalized spacial score (nSPS) is 28.2. The Morgan fingerprint density at radius 2 is 1.40 bits per heavy atom. The van der Waals surface area contributed by atoms with Crippen molar-refractivity contribution in [3.8, 4) is 5.75 Å². The van der Waals surface area contributed by atoms with Gasteiger partial charge in [-0.3, -0.25) is 24.1 Å². The van der Waals surface area contributed by atoms with Gasteiger partial charge in [0, 0.05) is 16.9 Å². The van der Waals surface area contributed by atoms with Crippen LogP contribution in [0.25, 0.3) is 16.8 Å². The molecule has 4 amide bonds. The van der Waals surface area contributed by atoms with Gasteiger partial charge in [-0.05, 0) is 41.8 Å². The van der Waals surface area contributed by atoms with Gasteiger partial charge in [0.2, 0.25) is 17.6 Å². The van der Waals surface area contributed by atoms with Crippen molar-refractivity contribution in [2.45, 2.75) is 28.5 Å². The molecule has 14 heteroatoms. The highest BCUT2D eigenvalue weighted by Gasteiger charge is 2.77. The van der Waals surface area contributed by atoms with E-state index in [1.165, 1.54) is 6.07 Å². The van der Waals surface area contributed by atoms with Crippen molar-refractivity contribution in [1.29, 1.82) is 0 Å². The summed E-state index contributed by atoms with van der Waals surface area (Å²) in [4.78, 5) is 52.4. The topological polar surface area (TPSA) is 95.0 Å². The molecule has 7 nitrogen and oxygen atoms in total. The van der Waals surface area contributed by atoms with Crippen LogP contribution in [0.1, 0.15) is 29.9 Å². The Kier molecular flexibility index (Phi) is 7.50. The first-order valence-corrected chi connectivity index (χ1v) is 16.7. The minimum absolute atomic E-state index is 0.0428. The summed E-state index contributed by atoms with van der Waals surface area (Å²) >= 11 is 14.4. The summed E-state index contributed by atoms with van der Waals surface area (Å²) in [5.74, 6) is -22.0. The monoisotopic (exact) mass is 752 g/mol. The first kappa shape index (κ1) is 34.0. The summed E-state index contributed by atoms with van der Waals surface area (Å²) in [6.07, 6.45) is 2.44. The van der Waals surface area contributed by atoms with Crippen LogP contribution in [0.5, 0.6) is 5.75 Å². The lowest BCUT2D eigenvalue weighted by molar-refractivity contribution is -0.125. The first-order chi connectivity index (χ1) is 24.7. The Morgan fingerprint density at radius 3 is 2.06 bits per heavy atom. The lowest BCUT2D eigenvalue weighted by Gasteiger charge is -2.50. The van der Waals surface area contributed by atoms with E-state index >= 15 is 8.78 Å². The van der Waals surface area contributed by atoms with Gasteiger partial charge in [-0.15, -0.1) is 23.2 Å². The van der Waals surface area contributed by atoms with Gasteiger partial charge in [0.25, 0.3) is 11.8 Å². The van der Waals surface area contributed by atoms with Gasteiger partial charge < -0.3 is 5.11 Å². The summed E-state index contributed by atoms with van der Waals surface area (Å²) in [6, 6.07) is 16.0. The van der Waals surface area contributed by atoms with Gasteiger partial charge in [-0.1, -0.05) is 72.8 Å². The number of nitrogens with zero attached hydrogens (tertiary/aromatic N) is 2. The van der Waals surface area contributed by atoms with Crippen molar-refractivity contribution in [3.05, 3.63) is 119 Å². The van der Waals surface area contributed by atoms with Gasteiger partial charge in [0.05, 0.1) is 17.5 Å². The minimum atomic E-state index is -2.76. The summed E-state index contributed by atoms with van der Waals surface area (Å²) in [6.45, 7) is 3.70. The maximum atomic E-state index is 15.3. The molecular weight excluding hydrogens is 730 g/mol. The number of anilines is 2. The number of rotatable bonds is 4. The molecule has 2 heterocycles. The fraction of sp³-hybridized carbons (Fsp3) is 0.211. The second-order valence-corrected chi connectivity index (χ2v) is 14.5. The predicted octanol–water partition coefficient (Wildman–Crippen LogP) is 7.65. The van der Waals surface area contributed by atoms with E-state index in [4.69, 9.17) is 23.2 Å². The van der Waals surface area contributed by atoms with Crippen molar-refractivity contribution < 1.29 is 46.2 Å². The van der Waals surface area contributed by atoms with E-state index in [2.05, 4.69) is 6.58 Å². The molecule has 4 aromatic carbocycles. The van der Waals surface area contributed by atoms with E-state index in [0.717, 1.165) is 10.5 Å². The number of amides is 4. The minimum Gasteiger partial charge on any atom is -0.507 e. The van der Waals surface area contributed by atoms with E-state index in [1.54, 1.807) is 66.7 Å². The molecule has 1 saturated carbocycles. The van der Waals surface area contributed by atoms with Gasteiger partial charge in [0.15, 0.2) is 33.0 Å². The summed E-state index contributed by atoms with van der Waals surface area (Å²) in [7, 11) is 0. The maximum Gasteiger partial charge on any atom is 0.258 e. The van der Waals surface area contributed by atoms with Crippen LogP contribution in [-0.4, -0.2) is 38.5 Å². The van der Waals surface area contributed by atoms with E-state index in [-0.39, 0.29) is 33.5 Å². The number of phenols is 1. The number of fused-ring (bicyclic) bond motifs is 5. The summed E-state index contributed by atoms with van der Waals surface area (Å²) < 4.78 is 73.7. The molecular formula is C38H23Cl2F5N2O5. The Morgan fingerprint density at radius 1 is 0.769 bits per heavy atom. The number of imide groups is 2. The van der Waals surface area contributed by atoms with Gasteiger partial charge in [0.1, 0.15) is 11.4 Å². The Balaban J connectivity index is 1.34. The number of carbonyl (C=O) groups excluding carboxylic acids is 4. The number of hydrogen-bond acceptors (Lipinski definition) is 5. The largest absolute Gasteiger partial charge is 0.507 e. The molecule has 0 spiro atoms. The SMILES string of the molecule is C=Cc1ccc(N2C(=O)[C@H]3[C@H](CC=C4[C@H]3C[C@@]3(Cl)C(=O)N(c5c(F)c(F)c(F)c(F)c5F)C(=O)[C@@]3(Cl)[C@H]4c3ccc4ccccc4c3O)C2=O)cc1. The Hall–Kier alpha value is -5.07. The van der Waals surface area contributed by atoms with E-state index in [1.807, 2.05) is 0 Å². The number of hydrogen-bond donors (Lipinski definition) is 1. The molecule has 4 aromatic rings. The van der Waals surface area contributed by atoms with Gasteiger partial charge in [-0.2, -0.15) is 0 Å². The third kappa shape index (κ3) is 4.19. The Labute approximate surface area is 301 Å². The van der Waals surface area contributed by atoms with Crippen LogP contribution in [0.3, 0.4) is 0 Å². The maximum absolute atomic E-state index is 15.3. The molecule has 2 aliphatic carbocycles. The zero-order chi connectivity index (χ0) is 37.2. The zero-order valence-electron chi connectivity index (χ0n) is 26.5. The molecule has 0 aromatic heterocycles. The van der Waals surface area contributed by atoms with Crippen LogP contribution in [-0.2, 0) is 19.2 Å². The van der Waals surface area contributed by atoms with Crippen LogP contribution in [0.4, 0.5) is 33.3 Å². The average molecular weight is 754 g/mol. The molecule has 1 N–H and O–H groups in total. The predicted molar refractivity (Wildman–Crippen MR) is 181 cm³/mol. The van der Waals surface area contributed by atoms with Gasteiger partial charge in [-0.25, -0.2) is 26.9 Å². The van der Waals surface area contributed by atoms with Crippen LogP contribution in [0.15, 0.2) is 78.9 Å². The molecule has 0 bridgehead atoms. The van der Waals surface area contributed by atoms with Crippen molar-refractivity contribution in [2.75, 3.05) is 9.80 Å². The molecule has 0 radical (unpaired) electrons. The first-order valence-electron chi connectivity index (χ1n) is 16.0. The molecule has 2 aliphatic heterocycles. The number of halogens is 7. The molecule has 6 atom stereocenters. The molecule has 264 valence electrons. The van der Waals surface area contributed by atoms with E-state index in [0.29, 0.717) is 5.39 Å². The third-order valence-electron chi connectivity index (χ3n) is 10.9. The molecule has 3 fully saturated rings. The summed E-state index contributed by atoms with van der Waals surface area (Å²) in [5.41, 5.74) is -0.739. The second kappa shape index (κ2) is 11.5. The number of alkyl halides is 2. The average Bonchev–Trinajstić information content (AvgIpc) is 3.48. The molecule has 2 saturated heterocycles. The third-order valence-corrected chi connectivity index (χ3v) is 12.3. The van der Waals surface area contributed by atoms with Crippen LogP contribution in [0, 0.1) is 46.8 Å². The number of carbonyl (C=O) groups is 4. The summed E-state index contributed by atoms with van der Waals surface area (Å²) in [5, 5.41) is 12.6. The smallest absolute Gasteiger partial charge is 0.258 e. The van der Waals surface area contributed by atoms with Crippen molar-refractivity contribution in [1.82, 2.24) is 0 Å². The standard InChI is InChI=1S/C38H23Cl2F5N2O5/c1-2-16-7-10-18(11-8-16)46-33(49)21-14-13-20-23(24(21)34(46)50)15-37(39)35(51)47(31-29(44)27(42)26(41)28(43)30(31)45)36(52)38(37,40)25(20)22-12-9-17-5-3-4-6-19(17)32(22)48/h2-13,21,23-25,48H,1,14-15H2/t21-,23+,24-,25+,37+,38-/m0/s1. The van der Waals surface area contributed by atoms with Gasteiger partial charge >= 0.3 is 0 Å². The van der Waals surface area contributed by atoms with Crippen molar-refractivity contribution in [3.63, 3.8) is 0 Å². The number of allylic oxidation sites excluding steroid dienone is 2. The quantitative estimate of drug-likeness (QED) is 0.0578. The van der Waals surface area contributed by atoms with Crippen LogP contribution in [0.2, 0.25) is 0 Å². The lowest BCUT2D eigenvalue weighted by atomic mass is 9.56. The molecule has 0 unspecified atom stereocenters. The zero-order valence-corrected chi connectivity index (χ0v) is 28.0. The number of phenolic OH excluding ortho intramolecular Hbond substituents is 1. The fourth-order valence-electron chi connectivity index (χ4n) is 8.43. The number of aromatic hydroxyl groups is 1.